The van der Waals surface area contributed by atoms with Crippen molar-refractivity contribution >= 4 is 34.5 Å². The number of imide groups is 1. The third-order valence-electron chi connectivity index (χ3n) is 5.24. The lowest BCUT2D eigenvalue weighted by Gasteiger charge is -2.21. The number of fused-ring (bicyclic) bond motifs is 1. The minimum absolute atomic E-state index is 0.101. The van der Waals surface area contributed by atoms with Gasteiger partial charge in [-0.05, 0) is 34.4 Å². The molecule has 0 radical (unpaired) electrons. The first-order valence-corrected chi connectivity index (χ1v) is 10.6. The SMILES string of the molecule is CC(C)[C@@H](NC(=O)Cc1cccc2ccccc12)C(=O)OCC(=O)NC(=O)c1cccn1C. The van der Waals surface area contributed by atoms with Crippen LogP contribution in [0.4, 0.5) is 0 Å². The first-order valence-electron chi connectivity index (χ1n) is 10.6. The topological polar surface area (TPSA) is 106 Å². The second kappa shape index (κ2) is 10.6. The van der Waals surface area contributed by atoms with Crippen LogP contribution in [-0.4, -0.2) is 40.9 Å². The first-order chi connectivity index (χ1) is 15.8. The fraction of sp³-hybridized carbons (Fsp3) is 0.280. The quantitative estimate of drug-likeness (QED) is 0.514. The minimum atomic E-state index is -0.927. The van der Waals surface area contributed by atoms with Crippen molar-refractivity contribution in [3.63, 3.8) is 0 Å². The van der Waals surface area contributed by atoms with Gasteiger partial charge in [-0.3, -0.25) is 19.7 Å². The molecule has 0 aliphatic rings. The fourth-order valence-corrected chi connectivity index (χ4v) is 3.49. The van der Waals surface area contributed by atoms with Gasteiger partial charge in [-0.1, -0.05) is 56.3 Å². The average Bonchev–Trinajstić information content (AvgIpc) is 3.22. The number of rotatable bonds is 8. The molecule has 0 saturated heterocycles. The highest BCUT2D eigenvalue weighted by atomic mass is 16.5. The van der Waals surface area contributed by atoms with E-state index in [0.717, 1.165) is 16.3 Å². The van der Waals surface area contributed by atoms with Crippen LogP contribution in [0.3, 0.4) is 0 Å². The van der Waals surface area contributed by atoms with Gasteiger partial charge >= 0.3 is 5.97 Å². The monoisotopic (exact) mass is 449 g/mol. The molecule has 1 aromatic heterocycles. The lowest BCUT2D eigenvalue weighted by molar-refractivity contribution is -0.152. The summed E-state index contributed by atoms with van der Waals surface area (Å²) in [5.41, 5.74) is 1.15. The molecule has 8 nitrogen and oxygen atoms in total. The van der Waals surface area contributed by atoms with Crippen molar-refractivity contribution in [2.75, 3.05) is 6.61 Å². The Kier molecular flexibility index (Phi) is 7.61. The maximum Gasteiger partial charge on any atom is 0.329 e. The Morgan fingerprint density at radius 2 is 1.67 bits per heavy atom. The second-order valence-corrected chi connectivity index (χ2v) is 8.09. The number of ether oxygens (including phenoxy) is 1. The van der Waals surface area contributed by atoms with E-state index < -0.39 is 30.4 Å². The molecular weight excluding hydrogens is 422 g/mol. The van der Waals surface area contributed by atoms with Gasteiger partial charge in [0.15, 0.2) is 6.61 Å². The molecule has 0 aliphatic heterocycles. The molecule has 3 amide bonds. The molecule has 172 valence electrons. The Morgan fingerprint density at radius 3 is 2.36 bits per heavy atom. The number of benzene rings is 2. The molecular formula is C25H27N3O5. The largest absolute Gasteiger partial charge is 0.454 e. The average molecular weight is 450 g/mol. The molecule has 2 aromatic carbocycles. The van der Waals surface area contributed by atoms with E-state index in [4.69, 9.17) is 4.74 Å². The number of carbonyl (C=O) groups is 4. The van der Waals surface area contributed by atoms with Crippen molar-refractivity contribution in [1.29, 1.82) is 0 Å². The van der Waals surface area contributed by atoms with E-state index in [-0.39, 0.29) is 18.2 Å². The first kappa shape index (κ1) is 23.7. The van der Waals surface area contributed by atoms with Crippen LogP contribution in [-0.2, 0) is 32.6 Å². The Morgan fingerprint density at radius 1 is 0.939 bits per heavy atom. The predicted molar refractivity (Wildman–Crippen MR) is 123 cm³/mol. The van der Waals surface area contributed by atoms with Gasteiger partial charge in [-0.15, -0.1) is 0 Å². The standard InChI is InChI=1S/C25H27N3O5/c1-16(2)23(25(32)33-15-22(30)27-24(31)20-12-7-13-28(20)3)26-21(29)14-18-10-6-9-17-8-4-5-11-19(17)18/h4-13,16,23H,14-15H2,1-3H3,(H,26,29)(H,27,30,31)/t23-/m1/s1. The van der Waals surface area contributed by atoms with Crippen LogP contribution >= 0.6 is 0 Å². The summed E-state index contributed by atoms with van der Waals surface area (Å²) in [7, 11) is 1.67. The van der Waals surface area contributed by atoms with E-state index in [0.29, 0.717) is 5.69 Å². The fourth-order valence-electron chi connectivity index (χ4n) is 3.49. The lowest BCUT2D eigenvalue weighted by atomic mass is 10.0. The number of hydrogen-bond donors (Lipinski definition) is 2. The van der Waals surface area contributed by atoms with Gasteiger partial charge in [-0.25, -0.2) is 4.79 Å². The highest BCUT2D eigenvalue weighted by molar-refractivity contribution is 6.04. The summed E-state index contributed by atoms with van der Waals surface area (Å²) in [6.07, 6.45) is 1.77. The van der Waals surface area contributed by atoms with E-state index in [1.54, 1.807) is 43.8 Å². The maximum absolute atomic E-state index is 12.7. The summed E-state index contributed by atoms with van der Waals surface area (Å²) >= 11 is 0. The van der Waals surface area contributed by atoms with Crippen molar-refractivity contribution in [3.05, 3.63) is 72.1 Å². The number of nitrogens with one attached hydrogen (secondary N) is 2. The van der Waals surface area contributed by atoms with Gasteiger partial charge in [-0.2, -0.15) is 0 Å². The molecule has 0 spiro atoms. The van der Waals surface area contributed by atoms with Crippen LogP contribution in [0.5, 0.6) is 0 Å². The van der Waals surface area contributed by atoms with E-state index in [2.05, 4.69) is 10.6 Å². The Labute approximate surface area is 191 Å². The molecule has 0 fully saturated rings. The number of amides is 3. The number of nitrogens with zero attached hydrogens (tertiary/aromatic N) is 1. The van der Waals surface area contributed by atoms with E-state index in [1.165, 1.54) is 0 Å². The number of carbonyl (C=O) groups excluding carboxylic acids is 4. The molecule has 8 heteroatoms. The molecule has 2 N–H and O–H groups in total. The zero-order chi connectivity index (χ0) is 24.0. The van der Waals surface area contributed by atoms with Crippen LogP contribution in [0.1, 0.15) is 29.9 Å². The summed E-state index contributed by atoms with van der Waals surface area (Å²) in [6, 6.07) is 15.8. The van der Waals surface area contributed by atoms with Crippen molar-refractivity contribution in [1.82, 2.24) is 15.2 Å². The number of hydrogen-bond acceptors (Lipinski definition) is 5. The van der Waals surface area contributed by atoms with Gasteiger partial charge in [0, 0.05) is 13.2 Å². The molecule has 0 unspecified atom stereocenters. The highest BCUT2D eigenvalue weighted by Gasteiger charge is 2.27. The van der Waals surface area contributed by atoms with Crippen LogP contribution < -0.4 is 10.6 Å². The summed E-state index contributed by atoms with van der Waals surface area (Å²) in [4.78, 5) is 49.4. The molecule has 0 aliphatic carbocycles. The van der Waals surface area contributed by atoms with E-state index in [1.807, 2.05) is 42.5 Å². The van der Waals surface area contributed by atoms with Gasteiger partial charge < -0.3 is 14.6 Å². The van der Waals surface area contributed by atoms with Crippen molar-refractivity contribution in [2.45, 2.75) is 26.3 Å². The molecule has 1 heterocycles. The normalized spacial score (nSPS) is 11.8. The summed E-state index contributed by atoms with van der Waals surface area (Å²) in [5, 5.41) is 6.88. The molecule has 0 bridgehead atoms. The summed E-state index contributed by atoms with van der Waals surface area (Å²) < 4.78 is 6.64. The minimum Gasteiger partial charge on any atom is -0.454 e. The Bertz CT molecular complexity index is 1180. The summed E-state index contributed by atoms with van der Waals surface area (Å²) in [5.74, 6) is -2.67. The molecule has 1 atom stereocenters. The third kappa shape index (κ3) is 6.06. The van der Waals surface area contributed by atoms with Gasteiger partial charge in [0.1, 0.15) is 11.7 Å². The van der Waals surface area contributed by atoms with Crippen molar-refractivity contribution in [2.24, 2.45) is 13.0 Å². The third-order valence-corrected chi connectivity index (χ3v) is 5.24. The highest BCUT2D eigenvalue weighted by Crippen LogP contribution is 2.19. The predicted octanol–water partition coefficient (Wildman–Crippen LogP) is 2.36. The zero-order valence-electron chi connectivity index (χ0n) is 18.8. The molecule has 3 aromatic rings. The van der Waals surface area contributed by atoms with Crippen LogP contribution in [0.25, 0.3) is 10.8 Å². The lowest BCUT2D eigenvalue weighted by Crippen LogP contribution is -2.47. The Hall–Kier alpha value is -3.94. The number of aryl methyl sites for hydroxylation is 1. The van der Waals surface area contributed by atoms with Crippen molar-refractivity contribution in [3.8, 4) is 0 Å². The van der Waals surface area contributed by atoms with Crippen molar-refractivity contribution < 1.29 is 23.9 Å². The van der Waals surface area contributed by atoms with Gasteiger partial charge in [0.05, 0.1) is 6.42 Å². The second-order valence-electron chi connectivity index (χ2n) is 8.09. The van der Waals surface area contributed by atoms with Crippen LogP contribution in [0, 0.1) is 5.92 Å². The molecule has 0 saturated carbocycles. The zero-order valence-corrected chi connectivity index (χ0v) is 18.8. The number of aromatic nitrogens is 1. The number of esters is 1. The molecule has 33 heavy (non-hydrogen) atoms. The molecule has 3 rings (SSSR count). The smallest absolute Gasteiger partial charge is 0.329 e. The van der Waals surface area contributed by atoms with Crippen LogP contribution in [0.2, 0.25) is 0 Å². The van der Waals surface area contributed by atoms with Gasteiger partial charge in [0.2, 0.25) is 5.91 Å². The maximum atomic E-state index is 12.7. The van der Waals surface area contributed by atoms with E-state index in [9.17, 15) is 19.2 Å². The van der Waals surface area contributed by atoms with Crippen LogP contribution in [0.15, 0.2) is 60.8 Å². The van der Waals surface area contributed by atoms with Gasteiger partial charge in [0.25, 0.3) is 11.8 Å². The van der Waals surface area contributed by atoms with E-state index >= 15 is 0 Å². The summed E-state index contributed by atoms with van der Waals surface area (Å²) in [6.45, 7) is 2.91. The Balaban J connectivity index is 1.56.